The van der Waals surface area contributed by atoms with E-state index in [1.807, 2.05) is 0 Å². The molecule has 0 spiro atoms. The highest BCUT2D eigenvalue weighted by molar-refractivity contribution is 7.86. The molecular weight excluding hydrogens is 229 g/mol. The van der Waals surface area contributed by atoms with Crippen LogP contribution in [0.15, 0.2) is 0 Å². The maximum absolute atomic E-state index is 12.6. The Morgan fingerprint density at radius 2 is 2.00 bits per heavy atom. The smallest absolute Gasteiger partial charge is 0.303 e. The molecule has 2 aliphatic rings. The van der Waals surface area contributed by atoms with Gasteiger partial charge in [0.05, 0.1) is 5.75 Å². The van der Waals surface area contributed by atoms with Crippen LogP contribution in [-0.2, 0) is 10.2 Å². The predicted octanol–water partition coefficient (Wildman–Crippen LogP) is 1.19. The summed E-state index contributed by atoms with van der Waals surface area (Å²) in [6.45, 7) is 2.76. The van der Waals surface area contributed by atoms with Crippen LogP contribution in [0.3, 0.4) is 0 Å². The average Bonchev–Trinajstić information content (AvgIpc) is 2.23. The molecule has 2 unspecified atom stereocenters. The van der Waals surface area contributed by atoms with Crippen molar-refractivity contribution in [1.29, 1.82) is 0 Å². The van der Waals surface area contributed by atoms with Gasteiger partial charge in [-0.25, -0.2) is 0 Å². The Balaban J connectivity index is 0.000000980. The summed E-state index contributed by atoms with van der Waals surface area (Å²) >= 11 is 0. The quantitative estimate of drug-likeness (QED) is 0.684. The lowest BCUT2D eigenvalue weighted by atomic mass is 9.83. The maximum Gasteiger partial charge on any atom is 0.303 e. The van der Waals surface area contributed by atoms with E-state index in [1.165, 1.54) is 0 Å². The van der Waals surface area contributed by atoms with Crippen LogP contribution in [0.2, 0.25) is 0 Å². The highest BCUT2D eigenvalue weighted by Gasteiger charge is 2.43. The molecule has 2 saturated heterocycles. The second kappa shape index (κ2) is 3.94. The van der Waals surface area contributed by atoms with Crippen LogP contribution < -0.4 is 0 Å². The lowest BCUT2D eigenvalue weighted by molar-refractivity contribution is 0.201. The van der Waals surface area contributed by atoms with Gasteiger partial charge in [0.1, 0.15) is 0 Å². The van der Waals surface area contributed by atoms with Gasteiger partial charge in [-0.05, 0) is 32.4 Å². The number of nitrogens with zero attached hydrogens (tertiary/aromatic N) is 1. The Labute approximate surface area is 90.3 Å². The predicted molar refractivity (Wildman–Crippen MR) is 54.9 cm³/mol. The maximum atomic E-state index is 12.6. The van der Waals surface area contributed by atoms with Crippen molar-refractivity contribution in [3.63, 3.8) is 0 Å². The topological polar surface area (TPSA) is 37.4 Å². The van der Waals surface area contributed by atoms with E-state index >= 15 is 0 Å². The Morgan fingerprint density at radius 3 is 2.64 bits per heavy atom. The molecule has 0 aromatic carbocycles. The van der Waals surface area contributed by atoms with Gasteiger partial charge >= 0.3 is 10.2 Å². The van der Waals surface area contributed by atoms with Gasteiger partial charge in [-0.1, -0.05) is 0 Å². The van der Waals surface area contributed by atoms with Crippen LogP contribution in [0.25, 0.3) is 0 Å². The van der Waals surface area contributed by atoms with E-state index in [0.29, 0.717) is 0 Å². The Morgan fingerprint density at radius 1 is 1.29 bits per heavy atom. The van der Waals surface area contributed by atoms with Crippen molar-refractivity contribution in [1.82, 2.24) is 4.90 Å². The first kappa shape index (κ1) is 12.2. The Bertz CT molecular complexity index is 304. The van der Waals surface area contributed by atoms with Gasteiger partial charge in [-0.3, -0.25) is 0 Å². The summed E-state index contributed by atoms with van der Waals surface area (Å²) in [4.78, 5) is 2.23. The molecule has 0 amide bonds. The summed E-state index contributed by atoms with van der Waals surface area (Å²) in [5.74, 6) is -0.267. The molecule has 2 aliphatic heterocycles. The van der Waals surface area contributed by atoms with Crippen molar-refractivity contribution in [2.24, 2.45) is 5.41 Å². The summed E-state index contributed by atoms with van der Waals surface area (Å²) in [5, 5.41) is 0. The van der Waals surface area contributed by atoms with Gasteiger partial charge in [0, 0.05) is 12.0 Å². The number of rotatable bonds is 2. The number of piperidine rings is 1. The third kappa shape index (κ3) is 2.58. The highest BCUT2D eigenvalue weighted by atomic mass is 35.5. The van der Waals surface area contributed by atoms with Gasteiger partial charge in [0.15, 0.2) is 0 Å². The molecule has 0 aromatic rings. The Hall–Kier alpha value is 0.130. The second-order valence-electron chi connectivity index (χ2n) is 4.31. The van der Waals surface area contributed by atoms with E-state index in [4.69, 9.17) is 0 Å². The molecule has 0 saturated carbocycles. The first-order valence-electron chi connectivity index (χ1n) is 4.64. The zero-order chi connectivity index (χ0) is 9.53. The minimum Gasteiger partial charge on any atom is -0.303 e. The molecule has 0 aliphatic carbocycles. The Kier molecular flexibility index (Phi) is 3.44. The minimum atomic E-state index is -4.29. The number of fused-ring (bicyclic) bond motifs is 2. The van der Waals surface area contributed by atoms with Crippen molar-refractivity contribution in [3.8, 4) is 0 Å². The summed E-state index contributed by atoms with van der Waals surface area (Å²) < 4.78 is 33.8. The molecule has 0 radical (unpaired) electrons. The number of hydrogen-bond acceptors (Lipinski definition) is 3. The van der Waals surface area contributed by atoms with Gasteiger partial charge in [0.2, 0.25) is 0 Å². The minimum absolute atomic E-state index is 0. The number of halogens is 2. The first-order chi connectivity index (χ1) is 5.99. The monoisotopic (exact) mass is 243 g/mol. The fraction of sp³-hybridized carbons (Fsp3) is 1.00. The molecule has 6 heteroatoms. The van der Waals surface area contributed by atoms with E-state index in [1.54, 1.807) is 0 Å². The van der Waals surface area contributed by atoms with Crippen LogP contribution >= 0.6 is 12.4 Å². The van der Waals surface area contributed by atoms with Gasteiger partial charge in [-0.15, -0.1) is 16.3 Å². The molecule has 3 nitrogen and oxygen atoms in total. The molecule has 0 N–H and O–H groups in total. The fourth-order valence-electron chi connectivity index (χ4n) is 2.66. The third-order valence-electron chi connectivity index (χ3n) is 3.18. The van der Waals surface area contributed by atoms with Crippen LogP contribution in [0.1, 0.15) is 19.3 Å². The van der Waals surface area contributed by atoms with E-state index < -0.39 is 10.2 Å². The van der Waals surface area contributed by atoms with E-state index in [9.17, 15) is 12.3 Å². The van der Waals surface area contributed by atoms with Crippen LogP contribution in [0.4, 0.5) is 3.89 Å². The summed E-state index contributed by atoms with van der Waals surface area (Å²) in [7, 11) is -4.29. The zero-order valence-electron chi connectivity index (χ0n) is 7.91. The van der Waals surface area contributed by atoms with Gasteiger partial charge in [-0.2, -0.15) is 8.42 Å². The SMILES string of the molecule is Cl.O=S(=O)(F)CC12CCCN(CC1)C2. The van der Waals surface area contributed by atoms with Crippen molar-refractivity contribution < 1.29 is 12.3 Å². The summed E-state index contributed by atoms with van der Waals surface area (Å²) in [6, 6.07) is 0. The zero-order valence-corrected chi connectivity index (χ0v) is 9.54. The molecule has 2 atom stereocenters. The fourth-order valence-corrected chi connectivity index (χ4v) is 3.77. The van der Waals surface area contributed by atoms with Gasteiger partial charge in [0.25, 0.3) is 0 Å². The molecule has 2 heterocycles. The first-order valence-corrected chi connectivity index (χ1v) is 6.19. The standard InChI is InChI=1S/C8H14FNO2S.ClH/c9-13(11,12)7-8-2-1-4-10(6-8)5-3-8;/h1-7H2;1H. The average molecular weight is 244 g/mol. The van der Waals surface area contributed by atoms with E-state index in [2.05, 4.69) is 4.90 Å². The van der Waals surface area contributed by atoms with Crippen molar-refractivity contribution >= 4 is 22.6 Å². The van der Waals surface area contributed by atoms with Crippen LogP contribution in [-0.4, -0.2) is 38.7 Å². The lowest BCUT2D eigenvalue weighted by Gasteiger charge is -2.32. The van der Waals surface area contributed by atoms with Crippen molar-refractivity contribution in [2.45, 2.75) is 19.3 Å². The van der Waals surface area contributed by atoms with Crippen LogP contribution in [0.5, 0.6) is 0 Å². The molecule has 2 bridgehead atoms. The highest BCUT2D eigenvalue weighted by Crippen LogP contribution is 2.40. The molecule has 0 aromatic heterocycles. The summed E-state index contributed by atoms with van der Waals surface area (Å²) in [5.41, 5.74) is -0.258. The molecule has 2 fully saturated rings. The molecule has 84 valence electrons. The molecule has 2 rings (SSSR count). The second-order valence-corrected chi connectivity index (χ2v) is 5.68. The van der Waals surface area contributed by atoms with Crippen LogP contribution in [0, 0.1) is 5.41 Å². The van der Waals surface area contributed by atoms with Crippen molar-refractivity contribution in [3.05, 3.63) is 0 Å². The van der Waals surface area contributed by atoms with E-state index in [0.717, 1.165) is 38.9 Å². The van der Waals surface area contributed by atoms with Crippen molar-refractivity contribution in [2.75, 3.05) is 25.4 Å². The third-order valence-corrected chi connectivity index (χ3v) is 4.13. The molecule has 14 heavy (non-hydrogen) atoms. The normalized spacial score (nSPS) is 36.5. The molecular formula is C8H15ClFNO2S. The number of hydrogen-bond donors (Lipinski definition) is 0. The van der Waals surface area contributed by atoms with E-state index in [-0.39, 0.29) is 23.6 Å². The summed E-state index contributed by atoms with van der Waals surface area (Å²) in [6.07, 6.45) is 2.72. The van der Waals surface area contributed by atoms with Gasteiger partial charge < -0.3 is 4.90 Å². The largest absolute Gasteiger partial charge is 0.303 e. The lowest BCUT2D eigenvalue weighted by Crippen LogP contribution is -2.37.